The number of carbonyl (C=O) groups is 4. The van der Waals surface area contributed by atoms with Crippen LogP contribution in [-0.4, -0.2) is 23.9 Å². The second-order valence-corrected chi connectivity index (χ2v) is 4.02. The van der Waals surface area contributed by atoms with Crippen LogP contribution in [0.4, 0.5) is 0 Å². The Bertz CT molecular complexity index is 322. The van der Waals surface area contributed by atoms with Gasteiger partial charge in [-0.1, -0.05) is 27.2 Å². The molecule has 0 saturated carbocycles. The molecular weight excluding hydrogens is 264 g/mol. The molecule has 0 spiro atoms. The average molecular weight is 288 g/mol. The SMILES string of the molecule is CCCC(=O)OC(C)=O.CCCCC(=O)OC(=O)CC. The van der Waals surface area contributed by atoms with E-state index in [0.717, 1.165) is 12.8 Å². The summed E-state index contributed by atoms with van der Waals surface area (Å²) in [5, 5.41) is 0. The lowest BCUT2D eigenvalue weighted by molar-refractivity contribution is -0.160. The van der Waals surface area contributed by atoms with Gasteiger partial charge in [0.15, 0.2) is 0 Å². The van der Waals surface area contributed by atoms with Crippen molar-refractivity contribution >= 4 is 23.9 Å². The monoisotopic (exact) mass is 288 g/mol. The van der Waals surface area contributed by atoms with E-state index in [-0.39, 0.29) is 6.42 Å². The second kappa shape index (κ2) is 13.7. The molecule has 0 fully saturated rings. The summed E-state index contributed by atoms with van der Waals surface area (Å²) in [7, 11) is 0. The largest absolute Gasteiger partial charge is 0.393 e. The number of carbonyl (C=O) groups excluding carboxylic acids is 4. The van der Waals surface area contributed by atoms with E-state index in [1.54, 1.807) is 6.92 Å². The molecule has 0 radical (unpaired) electrons. The highest BCUT2D eigenvalue weighted by atomic mass is 16.6. The summed E-state index contributed by atoms with van der Waals surface area (Å²) in [6.07, 6.45) is 3.37. The van der Waals surface area contributed by atoms with Gasteiger partial charge in [-0.25, -0.2) is 0 Å². The fourth-order valence-electron chi connectivity index (χ4n) is 0.987. The molecule has 6 nitrogen and oxygen atoms in total. The van der Waals surface area contributed by atoms with Crippen molar-refractivity contribution in [2.45, 2.75) is 66.2 Å². The molecule has 0 aliphatic heterocycles. The molecule has 116 valence electrons. The molecule has 6 heteroatoms. The third kappa shape index (κ3) is 16.3. The van der Waals surface area contributed by atoms with E-state index >= 15 is 0 Å². The third-order valence-electron chi connectivity index (χ3n) is 1.96. The summed E-state index contributed by atoms with van der Waals surface area (Å²) in [4.78, 5) is 41.8. The number of hydrogen-bond donors (Lipinski definition) is 0. The first-order valence-electron chi connectivity index (χ1n) is 6.81. The Morgan fingerprint density at radius 1 is 0.750 bits per heavy atom. The van der Waals surface area contributed by atoms with Crippen LogP contribution in [0.25, 0.3) is 0 Å². The Kier molecular flexibility index (Phi) is 14.1. The number of rotatable bonds is 6. The average Bonchev–Trinajstić information content (AvgIpc) is 2.36. The van der Waals surface area contributed by atoms with Crippen molar-refractivity contribution in [1.82, 2.24) is 0 Å². The van der Waals surface area contributed by atoms with Crippen molar-refractivity contribution < 1.29 is 28.7 Å². The van der Waals surface area contributed by atoms with E-state index in [4.69, 9.17) is 0 Å². The van der Waals surface area contributed by atoms with Gasteiger partial charge in [-0.3, -0.25) is 19.2 Å². The fraction of sp³-hybridized carbons (Fsp3) is 0.714. The van der Waals surface area contributed by atoms with Gasteiger partial charge in [0, 0.05) is 26.2 Å². The molecule has 0 N–H and O–H groups in total. The van der Waals surface area contributed by atoms with Gasteiger partial charge in [0.2, 0.25) is 0 Å². The van der Waals surface area contributed by atoms with Crippen molar-refractivity contribution in [3.63, 3.8) is 0 Å². The highest BCUT2D eigenvalue weighted by molar-refractivity contribution is 5.85. The Labute approximate surface area is 119 Å². The zero-order valence-corrected chi connectivity index (χ0v) is 12.7. The molecule has 0 rings (SSSR count). The molecular formula is C14H24O6. The number of ether oxygens (including phenoxy) is 2. The normalized spacial score (nSPS) is 9.00. The Hall–Kier alpha value is -1.72. The van der Waals surface area contributed by atoms with E-state index in [0.29, 0.717) is 19.3 Å². The quantitative estimate of drug-likeness (QED) is 0.551. The Balaban J connectivity index is 0. The summed E-state index contributed by atoms with van der Waals surface area (Å²) < 4.78 is 8.64. The molecule has 0 aromatic carbocycles. The van der Waals surface area contributed by atoms with E-state index in [1.165, 1.54) is 6.92 Å². The van der Waals surface area contributed by atoms with Crippen LogP contribution < -0.4 is 0 Å². The van der Waals surface area contributed by atoms with Crippen LogP contribution >= 0.6 is 0 Å². The summed E-state index contributed by atoms with van der Waals surface area (Å²) in [6.45, 7) is 6.71. The van der Waals surface area contributed by atoms with Crippen LogP contribution in [0, 0.1) is 0 Å². The van der Waals surface area contributed by atoms with Gasteiger partial charge < -0.3 is 9.47 Å². The first-order valence-corrected chi connectivity index (χ1v) is 6.81. The molecule has 0 aromatic heterocycles. The number of hydrogen-bond acceptors (Lipinski definition) is 6. The van der Waals surface area contributed by atoms with Gasteiger partial charge in [-0.05, 0) is 12.8 Å². The van der Waals surface area contributed by atoms with Crippen LogP contribution in [0.2, 0.25) is 0 Å². The van der Waals surface area contributed by atoms with Gasteiger partial charge in [0.1, 0.15) is 0 Å². The van der Waals surface area contributed by atoms with E-state index in [9.17, 15) is 19.2 Å². The van der Waals surface area contributed by atoms with E-state index in [2.05, 4.69) is 9.47 Å². The first kappa shape index (κ1) is 20.6. The first-order chi connectivity index (χ1) is 9.37. The lowest BCUT2D eigenvalue weighted by Crippen LogP contribution is -2.10. The second-order valence-electron chi connectivity index (χ2n) is 4.02. The van der Waals surface area contributed by atoms with Gasteiger partial charge in [0.05, 0.1) is 0 Å². The minimum atomic E-state index is -0.534. The molecule has 0 saturated heterocycles. The highest BCUT2D eigenvalue weighted by Crippen LogP contribution is 1.97. The summed E-state index contributed by atoms with van der Waals surface area (Å²) in [5.41, 5.74) is 0. The Morgan fingerprint density at radius 3 is 1.70 bits per heavy atom. The van der Waals surface area contributed by atoms with Crippen molar-refractivity contribution in [2.24, 2.45) is 0 Å². The topological polar surface area (TPSA) is 86.7 Å². The van der Waals surface area contributed by atoms with Gasteiger partial charge >= 0.3 is 23.9 Å². The standard InChI is InChI=1S/C8H14O3.C6H10O3/c1-3-5-6-8(10)11-7(9)4-2;1-3-4-6(8)9-5(2)7/h3-6H2,1-2H3;3-4H2,1-2H3. The number of unbranched alkanes of at least 4 members (excludes halogenated alkanes) is 1. The maximum absolute atomic E-state index is 10.7. The van der Waals surface area contributed by atoms with E-state index < -0.39 is 23.9 Å². The molecule has 0 amide bonds. The zero-order valence-electron chi connectivity index (χ0n) is 12.7. The van der Waals surface area contributed by atoms with Crippen molar-refractivity contribution in [2.75, 3.05) is 0 Å². The van der Waals surface area contributed by atoms with Gasteiger partial charge in [0.25, 0.3) is 0 Å². The maximum atomic E-state index is 10.7. The summed E-state index contributed by atoms with van der Waals surface area (Å²) in [6, 6.07) is 0. The van der Waals surface area contributed by atoms with Crippen molar-refractivity contribution in [3.8, 4) is 0 Å². The predicted molar refractivity (Wildman–Crippen MR) is 72.6 cm³/mol. The molecule has 0 aromatic rings. The molecule has 0 atom stereocenters. The van der Waals surface area contributed by atoms with Crippen LogP contribution in [0.15, 0.2) is 0 Å². The Morgan fingerprint density at radius 2 is 1.30 bits per heavy atom. The molecule has 0 unspecified atom stereocenters. The van der Waals surface area contributed by atoms with Gasteiger partial charge in [-0.15, -0.1) is 0 Å². The lowest BCUT2D eigenvalue weighted by Gasteiger charge is -1.98. The van der Waals surface area contributed by atoms with Crippen LogP contribution in [0.5, 0.6) is 0 Å². The number of esters is 4. The van der Waals surface area contributed by atoms with Gasteiger partial charge in [-0.2, -0.15) is 0 Å². The molecule has 20 heavy (non-hydrogen) atoms. The van der Waals surface area contributed by atoms with Crippen LogP contribution in [0.1, 0.15) is 66.2 Å². The minimum absolute atomic E-state index is 0.262. The predicted octanol–water partition coefficient (Wildman–Crippen LogP) is 2.53. The van der Waals surface area contributed by atoms with Crippen LogP contribution in [0.3, 0.4) is 0 Å². The maximum Gasteiger partial charge on any atom is 0.313 e. The molecule has 0 heterocycles. The van der Waals surface area contributed by atoms with Crippen molar-refractivity contribution in [1.29, 1.82) is 0 Å². The minimum Gasteiger partial charge on any atom is -0.393 e. The third-order valence-corrected chi connectivity index (χ3v) is 1.96. The molecule has 0 aliphatic carbocycles. The van der Waals surface area contributed by atoms with Crippen molar-refractivity contribution in [3.05, 3.63) is 0 Å². The highest BCUT2D eigenvalue weighted by Gasteiger charge is 2.06. The smallest absolute Gasteiger partial charge is 0.313 e. The zero-order chi connectivity index (χ0) is 16.0. The summed E-state index contributed by atoms with van der Waals surface area (Å²) in [5.74, 6) is -1.82. The van der Waals surface area contributed by atoms with E-state index in [1.807, 2.05) is 13.8 Å². The molecule has 0 bridgehead atoms. The molecule has 0 aliphatic rings. The van der Waals surface area contributed by atoms with Crippen LogP contribution in [-0.2, 0) is 28.7 Å². The summed E-state index contributed by atoms with van der Waals surface area (Å²) >= 11 is 0. The fourth-order valence-corrected chi connectivity index (χ4v) is 0.987. The lowest BCUT2D eigenvalue weighted by atomic mass is 10.2.